The standard InChI is InChI=1S/C29H34F5N3O/c1-2-3-10-29(33,34)18-37-13-9-22-21-7-4-5-8-25(21)38-28(22)27(37)26-23(31)14-19(15-24(26)32)35-20-16-36(17-20)12-6-11-30/h4-5,7-8,14-15,20,27,35H,2-3,6,9-13,16-18H2,1H3. The first-order valence-corrected chi connectivity index (χ1v) is 13.5. The summed E-state index contributed by atoms with van der Waals surface area (Å²) in [7, 11) is 0. The molecule has 2 aliphatic heterocycles. The van der Waals surface area contributed by atoms with Crippen molar-refractivity contribution in [3.8, 4) is 0 Å². The third-order valence-electron chi connectivity index (χ3n) is 7.61. The molecule has 0 bridgehead atoms. The minimum atomic E-state index is -3.00. The van der Waals surface area contributed by atoms with Crippen molar-refractivity contribution in [1.29, 1.82) is 0 Å². The van der Waals surface area contributed by atoms with E-state index < -0.39 is 30.1 Å². The molecule has 0 radical (unpaired) electrons. The minimum Gasteiger partial charge on any atom is -0.459 e. The summed E-state index contributed by atoms with van der Waals surface area (Å²) >= 11 is 0. The molecule has 1 N–H and O–H groups in total. The number of unbranched alkanes of at least 4 members (excludes halogenated alkanes) is 1. The van der Waals surface area contributed by atoms with Gasteiger partial charge in [-0.3, -0.25) is 14.2 Å². The number of furan rings is 1. The molecule has 4 nitrogen and oxygen atoms in total. The number of halogens is 5. The molecule has 1 aromatic heterocycles. The lowest BCUT2D eigenvalue weighted by Crippen LogP contribution is -2.54. The van der Waals surface area contributed by atoms with Crippen molar-refractivity contribution in [1.82, 2.24) is 9.80 Å². The Morgan fingerprint density at radius 3 is 2.53 bits per heavy atom. The van der Waals surface area contributed by atoms with Gasteiger partial charge < -0.3 is 9.73 Å². The Hall–Kier alpha value is -2.65. The molecule has 0 amide bonds. The molecule has 0 aliphatic carbocycles. The van der Waals surface area contributed by atoms with Gasteiger partial charge in [0.1, 0.15) is 23.0 Å². The van der Waals surface area contributed by atoms with E-state index in [-0.39, 0.29) is 31.2 Å². The van der Waals surface area contributed by atoms with Crippen molar-refractivity contribution in [2.45, 2.75) is 57.0 Å². The summed E-state index contributed by atoms with van der Waals surface area (Å²) in [6.07, 6.45) is 1.65. The fourth-order valence-corrected chi connectivity index (χ4v) is 5.73. The Bertz CT molecular complexity index is 1230. The first-order valence-electron chi connectivity index (χ1n) is 13.5. The molecule has 9 heteroatoms. The highest BCUT2D eigenvalue weighted by molar-refractivity contribution is 5.83. The average molecular weight is 536 g/mol. The third kappa shape index (κ3) is 5.54. The van der Waals surface area contributed by atoms with E-state index in [9.17, 15) is 13.2 Å². The summed E-state index contributed by atoms with van der Waals surface area (Å²) < 4.78 is 79.7. The van der Waals surface area contributed by atoms with Crippen LogP contribution in [-0.2, 0) is 6.42 Å². The van der Waals surface area contributed by atoms with Crippen molar-refractivity contribution >= 4 is 16.7 Å². The van der Waals surface area contributed by atoms with E-state index in [4.69, 9.17) is 4.42 Å². The second-order valence-corrected chi connectivity index (χ2v) is 10.5. The van der Waals surface area contributed by atoms with Gasteiger partial charge in [0.25, 0.3) is 5.92 Å². The topological polar surface area (TPSA) is 31.7 Å². The zero-order valence-corrected chi connectivity index (χ0v) is 21.6. The van der Waals surface area contributed by atoms with Crippen LogP contribution in [0.25, 0.3) is 11.0 Å². The van der Waals surface area contributed by atoms with Gasteiger partial charge in [-0.15, -0.1) is 0 Å². The highest BCUT2D eigenvalue weighted by Crippen LogP contribution is 2.43. The maximum Gasteiger partial charge on any atom is 0.260 e. The van der Waals surface area contributed by atoms with Gasteiger partial charge in [0.15, 0.2) is 0 Å². The summed E-state index contributed by atoms with van der Waals surface area (Å²) in [4.78, 5) is 3.53. The smallest absolute Gasteiger partial charge is 0.260 e. The predicted molar refractivity (Wildman–Crippen MR) is 139 cm³/mol. The van der Waals surface area contributed by atoms with Gasteiger partial charge in [-0.25, -0.2) is 17.6 Å². The Balaban J connectivity index is 1.45. The molecule has 206 valence electrons. The van der Waals surface area contributed by atoms with Gasteiger partial charge in [0.2, 0.25) is 0 Å². The van der Waals surface area contributed by atoms with E-state index >= 15 is 8.78 Å². The Kier molecular flexibility index (Phi) is 7.95. The second kappa shape index (κ2) is 11.2. The van der Waals surface area contributed by atoms with E-state index in [1.807, 2.05) is 25.1 Å². The number of nitrogens with one attached hydrogen (secondary N) is 1. The molecule has 1 fully saturated rings. The minimum absolute atomic E-state index is 0.00433. The van der Waals surface area contributed by atoms with Gasteiger partial charge in [0, 0.05) is 54.8 Å². The van der Waals surface area contributed by atoms with Crippen LogP contribution < -0.4 is 5.32 Å². The van der Waals surface area contributed by atoms with Crippen LogP contribution in [0.2, 0.25) is 0 Å². The molecule has 1 unspecified atom stereocenters. The lowest BCUT2D eigenvalue weighted by atomic mass is 9.91. The number of anilines is 1. The highest BCUT2D eigenvalue weighted by Gasteiger charge is 2.42. The predicted octanol–water partition coefficient (Wildman–Crippen LogP) is 6.94. The van der Waals surface area contributed by atoms with Crippen molar-refractivity contribution in [2.24, 2.45) is 0 Å². The fraction of sp³-hybridized carbons (Fsp3) is 0.517. The van der Waals surface area contributed by atoms with Gasteiger partial charge in [0.05, 0.1) is 25.3 Å². The van der Waals surface area contributed by atoms with E-state index in [0.717, 1.165) is 10.9 Å². The third-order valence-corrected chi connectivity index (χ3v) is 7.61. The van der Waals surface area contributed by atoms with Crippen molar-refractivity contribution < 1.29 is 26.4 Å². The van der Waals surface area contributed by atoms with Crippen LogP contribution in [0, 0.1) is 11.6 Å². The van der Waals surface area contributed by atoms with Crippen LogP contribution >= 0.6 is 0 Å². The number of fused-ring (bicyclic) bond motifs is 3. The molecule has 3 aromatic rings. The van der Waals surface area contributed by atoms with Crippen LogP contribution in [0.3, 0.4) is 0 Å². The monoisotopic (exact) mass is 535 g/mol. The zero-order valence-electron chi connectivity index (χ0n) is 21.6. The average Bonchev–Trinajstić information content (AvgIpc) is 3.23. The molecule has 2 aliphatic rings. The molecule has 0 spiro atoms. The van der Waals surface area contributed by atoms with Crippen LogP contribution in [0.5, 0.6) is 0 Å². The van der Waals surface area contributed by atoms with Crippen LogP contribution in [0.4, 0.5) is 27.6 Å². The lowest BCUT2D eigenvalue weighted by molar-refractivity contribution is -0.0508. The van der Waals surface area contributed by atoms with Gasteiger partial charge in [-0.05, 0) is 37.5 Å². The van der Waals surface area contributed by atoms with Crippen LogP contribution in [0.1, 0.15) is 55.5 Å². The van der Waals surface area contributed by atoms with Crippen LogP contribution in [0.15, 0.2) is 40.8 Å². The Labute approximate surface area is 219 Å². The van der Waals surface area contributed by atoms with Crippen LogP contribution in [-0.4, -0.2) is 61.2 Å². The number of likely N-dealkylation sites (tertiary alicyclic amines) is 1. The zero-order chi connectivity index (χ0) is 26.9. The number of para-hydroxylation sites is 1. The first kappa shape index (κ1) is 26.9. The quantitative estimate of drug-likeness (QED) is 0.270. The van der Waals surface area contributed by atoms with E-state index in [1.165, 1.54) is 17.0 Å². The summed E-state index contributed by atoms with van der Waals surface area (Å²) in [6, 6.07) is 8.69. The molecule has 0 saturated carbocycles. The summed E-state index contributed by atoms with van der Waals surface area (Å²) in [5.74, 6) is -4.28. The number of alkyl halides is 3. The first-order chi connectivity index (χ1) is 18.3. The number of hydrogen-bond donors (Lipinski definition) is 1. The Morgan fingerprint density at radius 2 is 1.82 bits per heavy atom. The number of benzene rings is 2. The van der Waals surface area contributed by atoms with Gasteiger partial charge >= 0.3 is 0 Å². The number of nitrogens with zero attached hydrogens (tertiary/aromatic N) is 2. The van der Waals surface area contributed by atoms with E-state index in [1.54, 1.807) is 6.07 Å². The Morgan fingerprint density at radius 1 is 1.08 bits per heavy atom. The molecule has 3 heterocycles. The summed E-state index contributed by atoms with van der Waals surface area (Å²) in [5.41, 5.74) is 1.39. The summed E-state index contributed by atoms with van der Waals surface area (Å²) in [5, 5.41) is 3.98. The highest BCUT2D eigenvalue weighted by atomic mass is 19.3. The largest absolute Gasteiger partial charge is 0.459 e. The molecule has 2 aromatic carbocycles. The maximum atomic E-state index is 15.7. The second-order valence-electron chi connectivity index (χ2n) is 10.5. The normalized spacial score (nSPS) is 19.1. The molecule has 1 saturated heterocycles. The molecule has 38 heavy (non-hydrogen) atoms. The number of hydrogen-bond acceptors (Lipinski definition) is 4. The number of rotatable bonds is 11. The van der Waals surface area contributed by atoms with E-state index in [0.29, 0.717) is 62.3 Å². The van der Waals surface area contributed by atoms with Gasteiger partial charge in [-0.2, -0.15) is 0 Å². The van der Waals surface area contributed by atoms with Gasteiger partial charge in [-0.1, -0.05) is 31.5 Å². The van der Waals surface area contributed by atoms with E-state index in [2.05, 4.69) is 10.2 Å². The molecular formula is C29H34F5N3O. The lowest BCUT2D eigenvalue weighted by Gasteiger charge is -2.40. The summed E-state index contributed by atoms with van der Waals surface area (Å²) in [6.45, 7) is 3.08. The maximum absolute atomic E-state index is 15.7. The molecule has 1 atom stereocenters. The fourth-order valence-electron chi connectivity index (χ4n) is 5.73. The molecule has 5 rings (SSSR count). The SMILES string of the molecule is CCCCC(F)(F)CN1CCc2c(oc3ccccc23)C1c1c(F)cc(NC2CN(CCCF)C2)cc1F. The molecular weight excluding hydrogens is 501 g/mol. The van der Waals surface area contributed by atoms with Crippen molar-refractivity contribution in [3.05, 3.63) is 64.9 Å². The van der Waals surface area contributed by atoms with Crippen molar-refractivity contribution in [2.75, 3.05) is 44.7 Å². The van der Waals surface area contributed by atoms with Crippen molar-refractivity contribution in [3.63, 3.8) is 0 Å².